The standard InChI is InChI=1S/C17H20N4O2S/c1-10(24-17-20-19-11(2)21(17)15-8-9-15)16(23)13-4-6-14(7-5-13)18-12(3)22/h4-7,10,15H,8-9H2,1-3H3,(H,18,22)/t10-/m0/s1. The zero-order valence-corrected chi connectivity index (χ0v) is 14.8. The van der Waals surface area contributed by atoms with Crippen molar-refractivity contribution in [2.45, 2.75) is 50.1 Å². The number of Topliss-reactive ketones (excluding diaryl/α,β-unsaturated/α-hetero) is 1. The van der Waals surface area contributed by atoms with Gasteiger partial charge in [-0.15, -0.1) is 10.2 Å². The lowest BCUT2D eigenvalue weighted by atomic mass is 10.1. The van der Waals surface area contributed by atoms with E-state index in [1.807, 2.05) is 13.8 Å². The van der Waals surface area contributed by atoms with E-state index in [4.69, 9.17) is 0 Å². The van der Waals surface area contributed by atoms with Crippen molar-refractivity contribution in [3.8, 4) is 0 Å². The van der Waals surface area contributed by atoms with Gasteiger partial charge in [0.2, 0.25) is 5.91 Å². The minimum absolute atomic E-state index is 0.0392. The Morgan fingerprint density at radius 1 is 1.25 bits per heavy atom. The smallest absolute Gasteiger partial charge is 0.221 e. The van der Waals surface area contributed by atoms with Crippen molar-refractivity contribution in [1.29, 1.82) is 0 Å². The van der Waals surface area contributed by atoms with E-state index in [-0.39, 0.29) is 16.9 Å². The van der Waals surface area contributed by atoms with E-state index in [9.17, 15) is 9.59 Å². The van der Waals surface area contributed by atoms with Crippen molar-refractivity contribution in [2.75, 3.05) is 5.32 Å². The first-order chi connectivity index (χ1) is 11.5. The molecule has 1 aliphatic rings. The van der Waals surface area contributed by atoms with Gasteiger partial charge < -0.3 is 9.88 Å². The van der Waals surface area contributed by atoms with Crippen molar-refractivity contribution in [3.05, 3.63) is 35.7 Å². The zero-order chi connectivity index (χ0) is 17.3. The third kappa shape index (κ3) is 3.67. The average Bonchev–Trinajstić information content (AvgIpc) is 3.31. The first kappa shape index (κ1) is 16.7. The largest absolute Gasteiger partial charge is 0.326 e. The minimum atomic E-state index is -0.252. The molecule has 1 N–H and O–H groups in total. The molecule has 1 fully saturated rings. The molecule has 2 aromatic rings. The summed E-state index contributed by atoms with van der Waals surface area (Å²) in [6, 6.07) is 7.44. The Balaban J connectivity index is 1.69. The summed E-state index contributed by atoms with van der Waals surface area (Å²) in [5, 5.41) is 11.6. The summed E-state index contributed by atoms with van der Waals surface area (Å²) in [7, 11) is 0. The maximum Gasteiger partial charge on any atom is 0.221 e. The normalized spacial score (nSPS) is 15.1. The van der Waals surface area contributed by atoms with Crippen LogP contribution in [-0.4, -0.2) is 31.7 Å². The van der Waals surface area contributed by atoms with Crippen molar-refractivity contribution in [3.63, 3.8) is 0 Å². The number of hydrogen-bond donors (Lipinski definition) is 1. The lowest BCUT2D eigenvalue weighted by molar-refractivity contribution is -0.114. The lowest BCUT2D eigenvalue weighted by Gasteiger charge is -2.12. The molecule has 1 aromatic heterocycles. The number of anilines is 1. The van der Waals surface area contributed by atoms with Crippen molar-refractivity contribution < 1.29 is 9.59 Å². The number of aryl methyl sites for hydroxylation is 1. The van der Waals surface area contributed by atoms with Crippen molar-refractivity contribution in [2.24, 2.45) is 0 Å². The van der Waals surface area contributed by atoms with Crippen molar-refractivity contribution >= 4 is 29.1 Å². The summed E-state index contributed by atoms with van der Waals surface area (Å²) in [5.41, 5.74) is 1.31. The molecule has 1 saturated carbocycles. The predicted octanol–water partition coefficient (Wildman–Crippen LogP) is 3.24. The molecule has 1 aliphatic carbocycles. The molecule has 1 aromatic carbocycles. The summed E-state index contributed by atoms with van der Waals surface area (Å²) in [6.45, 7) is 5.29. The molecule has 0 saturated heterocycles. The van der Waals surface area contributed by atoms with Gasteiger partial charge in [0.1, 0.15) is 5.82 Å². The molecule has 0 radical (unpaired) electrons. The highest BCUT2D eigenvalue weighted by Gasteiger charge is 2.30. The molecule has 7 heteroatoms. The van der Waals surface area contributed by atoms with Gasteiger partial charge in [0.05, 0.1) is 5.25 Å². The van der Waals surface area contributed by atoms with Gasteiger partial charge in [0.15, 0.2) is 10.9 Å². The molecular weight excluding hydrogens is 324 g/mol. The molecule has 0 bridgehead atoms. The van der Waals surface area contributed by atoms with Gasteiger partial charge in [0.25, 0.3) is 0 Å². The van der Waals surface area contributed by atoms with E-state index in [1.54, 1.807) is 24.3 Å². The first-order valence-electron chi connectivity index (χ1n) is 7.95. The van der Waals surface area contributed by atoms with Crippen LogP contribution in [0.4, 0.5) is 5.69 Å². The Bertz CT molecular complexity index is 765. The predicted molar refractivity (Wildman–Crippen MR) is 93.4 cm³/mol. The lowest BCUT2D eigenvalue weighted by Crippen LogP contribution is -2.15. The molecule has 1 atom stereocenters. The molecular formula is C17H20N4O2S. The number of nitrogens with one attached hydrogen (secondary N) is 1. The highest BCUT2D eigenvalue weighted by atomic mass is 32.2. The van der Waals surface area contributed by atoms with Crippen LogP contribution in [0.3, 0.4) is 0 Å². The fraction of sp³-hybridized carbons (Fsp3) is 0.412. The third-order valence-corrected chi connectivity index (χ3v) is 4.95. The highest BCUT2D eigenvalue weighted by molar-refractivity contribution is 8.00. The zero-order valence-electron chi connectivity index (χ0n) is 13.9. The van der Waals surface area contributed by atoms with E-state index in [2.05, 4.69) is 20.1 Å². The average molecular weight is 344 g/mol. The monoisotopic (exact) mass is 344 g/mol. The number of carbonyl (C=O) groups excluding carboxylic acids is 2. The number of nitrogens with zero attached hydrogens (tertiary/aromatic N) is 3. The van der Waals surface area contributed by atoms with E-state index in [0.29, 0.717) is 17.3 Å². The van der Waals surface area contributed by atoms with Gasteiger partial charge in [0, 0.05) is 24.2 Å². The summed E-state index contributed by atoms with van der Waals surface area (Å²) in [5.74, 6) is 0.810. The van der Waals surface area contributed by atoms with Gasteiger partial charge in [-0.1, -0.05) is 11.8 Å². The molecule has 6 nitrogen and oxygen atoms in total. The summed E-state index contributed by atoms with van der Waals surface area (Å²) >= 11 is 1.45. The molecule has 0 aliphatic heterocycles. The van der Waals surface area contributed by atoms with Gasteiger partial charge >= 0.3 is 0 Å². The number of benzene rings is 1. The molecule has 0 unspecified atom stereocenters. The van der Waals surface area contributed by atoms with Crippen LogP contribution in [0.2, 0.25) is 0 Å². The van der Waals surface area contributed by atoms with Crippen LogP contribution in [0.15, 0.2) is 29.4 Å². The number of hydrogen-bond acceptors (Lipinski definition) is 5. The summed E-state index contributed by atoms with van der Waals surface area (Å²) in [4.78, 5) is 23.7. The number of carbonyl (C=O) groups is 2. The van der Waals surface area contributed by atoms with Crippen LogP contribution < -0.4 is 5.32 Å². The molecule has 1 amide bonds. The van der Waals surface area contributed by atoms with Crippen molar-refractivity contribution in [1.82, 2.24) is 14.8 Å². The van der Waals surface area contributed by atoms with E-state index in [1.165, 1.54) is 18.7 Å². The SMILES string of the molecule is CC(=O)Nc1ccc(C(=O)[C@H](C)Sc2nnc(C)n2C2CC2)cc1. The maximum atomic E-state index is 12.6. The number of aromatic nitrogens is 3. The second-order valence-corrected chi connectivity index (χ2v) is 7.32. The Labute approximate surface area is 145 Å². The topological polar surface area (TPSA) is 76.9 Å². The Hall–Kier alpha value is -2.15. The van der Waals surface area contributed by atoms with Crippen LogP contribution in [0, 0.1) is 6.92 Å². The second kappa shape index (κ2) is 6.76. The van der Waals surface area contributed by atoms with Gasteiger partial charge in [-0.2, -0.15) is 0 Å². The highest BCUT2D eigenvalue weighted by Crippen LogP contribution is 2.39. The van der Waals surface area contributed by atoms with Crippen LogP contribution in [-0.2, 0) is 4.79 Å². The minimum Gasteiger partial charge on any atom is -0.326 e. The molecule has 1 heterocycles. The number of ketones is 1. The second-order valence-electron chi connectivity index (χ2n) is 6.01. The maximum absolute atomic E-state index is 12.6. The Kier molecular flexibility index (Phi) is 4.71. The fourth-order valence-corrected chi connectivity index (χ4v) is 3.59. The number of amides is 1. The van der Waals surface area contributed by atoms with Gasteiger partial charge in [-0.3, -0.25) is 9.59 Å². The molecule has 126 valence electrons. The fourth-order valence-electron chi connectivity index (χ4n) is 2.55. The quantitative estimate of drug-likeness (QED) is 0.643. The van der Waals surface area contributed by atoms with Crippen LogP contribution in [0.5, 0.6) is 0 Å². The first-order valence-corrected chi connectivity index (χ1v) is 8.83. The van der Waals surface area contributed by atoms with Crippen LogP contribution in [0.25, 0.3) is 0 Å². The van der Waals surface area contributed by atoms with Gasteiger partial charge in [-0.25, -0.2) is 0 Å². The van der Waals surface area contributed by atoms with E-state index >= 15 is 0 Å². The Morgan fingerprint density at radius 2 is 1.92 bits per heavy atom. The van der Waals surface area contributed by atoms with Gasteiger partial charge in [-0.05, 0) is 51.0 Å². The molecule has 24 heavy (non-hydrogen) atoms. The Morgan fingerprint density at radius 3 is 2.50 bits per heavy atom. The van der Waals surface area contributed by atoms with E-state index < -0.39 is 0 Å². The third-order valence-electron chi connectivity index (χ3n) is 3.89. The molecule has 3 rings (SSSR count). The van der Waals surface area contributed by atoms with Crippen LogP contribution >= 0.6 is 11.8 Å². The van der Waals surface area contributed by atoms with Crippen LogP contribution in [0.1, 0.15) is 48.9 Å². The summed E-state index contributed by atoms with van der Waals surface area (Å²) in [6.07, 6.45) is 2.30. The summed E-state index contributed by atoms with van der Waals surface area (Å²) < 4.78 is 2.13. The van der Waals surface area contributed by atoms with E-state index in [0.717, 1.165) is 23.8 Å². The molecule has 0 spiro atoms. The number of rotatable bonds is 6. The number of thioether (sulfide) groups is 1.